The summed E-state index contributed by atoms with van der Waals surface area (Å²) in [5.74, 6) is 1.22. The number of carbonyl (C=O) groups is 1. The van der Waals surface area contributed by atoms with E-state index in [9.17, 15) is 9.90 Å². The Bertz CT molecular complexity index is 1260. The third-order valence-electron chi connectivity index (χ3n) is 6.28. The number of amides is 1. The highest BCUT2D eigenvalue weighted by Gasteiger charge is 2.16. The average molecular weight is 538 g/mol. The summed E-state index contributed by atoms with van der Waals surface area (Å²) in [6.45, 7) is 11.5. The van der Waals surface area contributed by atoms with Crippen molar-refractivity contribution in [1.82, 2.24) is 10.3 Å². The second kappa shape index (κ2) is 13.8. The summed E-state index contributed by atoms with van der Waals surface area (Å²) in [4.78, 5) is 14.7. The number of hydrogen-bond donors (Lipinski definition) is 2. The van der Waals surface area contributed by atoms with Crippen LogP contribution in [0.25, 0.3) is 0 Å². The molecular formula is C30H36ClN3O4. The number of benzene rings is 3. The van der Waals surface area contributed by atoms with E-state index in [1.165, 1.54) is 23.8 Å². The van der Waals surface area contributed by atoms with Gasteiger partial charge in [0.2, 0.25) is 0 Å². The maximum atomic E-state index is 12.4. The molecule has 2 N–H and O–H groups in total. The first-order valence-corrected chi connectivity index (χ1v) is 13.1. The number of rotatable bonds is 12. The first-order valence-electron chi connectivity index (χ1n) is 12.7. The van der Waals surface area contributed by atoms with Crippen LogP contribution in [0.1, 0.15) is 66.2 Å². The number of hydrazone groups is 1. The molecular weight excluding hydrogens is 502 g/mol. The SMILES string of the molecule is CCN(CC)Cc1cc(/C=N/NC(=O)c2ccc(O)c(Cl)c2)cc(OC)c1OCc1ccc(C(C)C)cc1. The highest BCUT2D eigenvalue weighted by molar-refractivity contribution is 6.32. The quantitative estimate of drug-likeness (QED) is 0.207. The van der Waals surface area contributed by atoms with Crippen LogP contribution in [0.3, 0.4) is 0 Å². The highest BCUT2D eigenvalue weighted by atomic mass is 35.5. The van der Waals surface area contributed by atoms with Gasteiger partial charge in [-0.15, -0.1) is 0 Å². The minimum absolute atomic E-state index is 0.0885. The molecule has 0 unspecified atom stereocenters. The van der Waals surface area contributed by atoms with Gasteiger partial charge in [-0.05, 0) is 66.0 Å². The molecule has 0 atom stereocenters. The summed E-state index contributed by atoms with van der Waals surface area (Å²) in [6, 6.07) is 16.5. The maximum absolute atomic E-state index is 12.4. The van der Waals surface area contributed by atoms with Gasteiger partial charge in [-0.1, -0.05) is 63.6 Å². The van der Waals surface area contributed by atoms with Crippen LogP contribution < -0.4 is 14.9 Å². The molecule has 0 saturated heterocycles. The molecule has 38 heavy (non-hydrogen) atoms. The van der Waals surface area contributed by atoms with E-state index in [2.05, 4.69) is 67.4 Å². The predicted octanol–water partition coefficient (Wildman–Crippen LogP) is 6.36. The van der Waals surface area contributed by atoms with E-state index >= 15 is 0 Å². The molecule has 0 aliphatic heterocycles. The molecule has 3 aromatic carbocycles. The van der Waals surface area contributed by atoms with Gasteiger partial charge in [0.05, 0.1) is 18.3 Å². The van der Waals surface area contributed by atoms with E-state index in [1.807, 2.05) is 12.1 Å². The molecule has 0 heterocycles. The Morgan fingerprint density at radius 3 is 2.42 bits per heavy atom. The van der Waals surface area contributed by atoms with Crippen molar-refractivity contribution in [2.45, 2.75) is 46.8 Å². The summed E-state index contributed by atoms with van der Waals surface area (Å²) in [5.41, 5.74) is 6.86. The van der Waals surface area contributed by atoms with E-state index in [4.69, 9.17) is 21.1 Å². The van der Waals surface area contributed by atoms with Gasteiger partial charge in [-0.3, -0.25) is 9.69 Å². The Labute approximate surface area is 230 Å². The third kappa shape index (κ3) is 7.73. The third-order valence-corrected chi connectivity index (χ3v) is 6.58. The summed E-state index contributed by atoms with van der Waals surface area (Å²) in [5, 5.41) is 13.8. The van der Waals surface area contributed by atoms with Gasteiger partial charge >= 0.3 is 0 Å². The highest BCUT2D eigenvalue weighted by Crippen LogP contribution is 2.34. The van der Waals surface area contributed by atoms with Crippen LogP contribution in [-0.2, 0) is 13.2 Å². The molecule has 0 saturated carbocycles. The van der Waals surface area contributed by atoms with E-state index in [0.717, 1.165) is 29.8 Å². The summed E-state index contributed by atoms with van der Waals surface area (Å²) in [6.07, 6.45) is 1.56. The average Bonchev–Trinajstić information content (AvgIpc) is 2.92. The Morgan fingerprint density at radius 2 is 1.82 bits per heavy atom. The Hall–Kier alpha value is -3.55. The normalized spacial score (nSPS) is 11.4. The number of ether oxygens (including phenoxy) is 2. The van der Waals surface area contributed by atoms with Gasteiger partial charge in [0, 0.05) is 17.7 Å². The summed E-state index contributed by atoms with van der Waals surface area (Å²) >= 11 is 5.90. The number of phenolic OH excluding ortho intramolecular Hbond substituents is 1. The van der Waals surface area contributed by atoms with E-state index in [1.54, 1.807) is 13.3 Å². The minimum atomic E-state index is -0.443. The standard InChI is InChI=1S/C30H36ClN3O4/c1-6-34(7-2)18-25-14-22(17-32-33-30(36)24-12-13-27(35)26(31)16-24)15-28(37-5)29(25)38-19-21-8-10-23(11-9-21)20(3)4/h8-17,20,35H,6-7,18-19H2,1-5H3,(H,33,36)/b32-17+. The van der Waals surface area contributed by atoms with Gasteiger partial charge in [0.1, 0.15) is 12.4 Å². The summed E-state index contributed by atoms with van der Waals surface area (Å²) < 4.78 is 12.0. The zero-order valence-corrected chi connectivity index (χ0v) is 23.4. The molecule has 0 spiro atoms. The largest absolute Gasteiger partial charge is 0.506 e. The fourth-order valence-electron chi connectivity index (χ4n) is 3.91. The second-order valence-electron chi connectivity index (χ2n) is 9.22. The lowest BCUT2D eigenvalue weighted by atomic mass is 10.0. The van der Waals surface area contributed by atoms with Crippen LogP contribution in [0.4, 0.5) is 0 Å². The summed E-state index contributed by atoms with van der Waals surface area (Å²) in [7, 11) is 1.61. The molecule has 8 heteroatoms. The van der Waals surface area contributed by atoms with E-state index in [-0.39, 0.29) is 16.3 Å². The Balaban J connectivity index is 1.83. The molecule has 3 aromatic rings. The molecule has 0 fully saturated rings. The van der Waals surface area contributed by atoms with Crippen molar-refractivity contribution < 1.29 is 19.4 Å². The van der Waals surface area contributed by atoms with Crippen molar-refractivity contribution in [1.29, 1.82) is 0 Å². The molecule has 0 aliphatic carbocycles. The molecule has 0 bridgehead atoms. The van der Waals surface area contributed by atoms with Crippen molar-refractivity contribution in [3.63, 3.8) is 0 Å². The van der Waals surface area contributed by atoms with E-state index < -0.39 is 5.91 Å². The van der Waals surface area contributed by atoms with Gasteiger partial charge in [-0.25, -0.2) is 5.43 Å². The first-order chi connectivity index (χ1) is 18.2. The van der Waals surface area contributed by atoms with Crippen LogP contribution in [0.5, 0.6) is 17.2 Å². The minimum Gasteiger partial charge on any atom is -0.506 e. The van der Waals surface area contributed by atoms with Crippen LogP contribution in [0.15, 0.2) is 59.7 Å². The number of carbonyl (C=O) groups excluding carboxylic acids is 1. The number of nitrogens with zero attached hydrogens (tertiary/aromatic N) is 2. The zero-order chi connectivity index (χ0) is 27.7. The van der Waals surface area contributed by atoms with Gasteiger partial charge < -0.3 is 14.6 Å². The van der Waals surface area contributed by atoms with Crippen LogP contribution in [0, 0.1) is 0 Å². The molecule has 0 aliphatic rings. The molecule has 0 radical (unpaired) electrons. The lowest BCUT2D eigenvalue weighted by Gasteiger charge is -2.22. The van der Waals surface area contributed by atoms with Gasteiger partial charge in [0.25, 0.3) is 5.91 Å². The second-order valence-corrected chi connectivity index (χ2v) is 9.63. The maximum Gasteiger partial charge on any atom is 0.271 e. The topological polar surface area (TPSA) is 83.4 Å². The van der Waals surface area contributed by atoms with Crippen LogP contribution in [-0.4, -0.2) is 42.3 Å². The van der Waals surface area contributed by atoms with Crippen LogP contribution in [0.2, 0.25) is 5.02 Å². The first kappa shape index (κ1) is 29.0. The number of phenols is 1. The van der Waals surface area contributed by atoms with Gasteiger partial charge in [-0.2, -0.15) is 5.10 Å². The smallest absolute Gasteiger partial charge is 0.271 e. The Kier molecular flexibility index (Phi) is 10.6. The van der Waals surface area contributed by atoms with Gasteiger partial charge in [0.15, 0.2) is 11.5 Å². The molecule has 0 aromatic heterocycles. The van der Waals surface area contributed by atoms with E-state index in [0.29, 0.717) is 30.6 Å². The molecule has 7 nitrogen and oxygen atoms in total. The van der Waals surface area contributed by atoms with Crippen molar-refractivity contribution in [3.8, 4) is 17.2 Å². The fourth-order valence-corrected chi connectivity index (χ4v) is 4.09. The zero-order valence-electron chi connectivity index (χ0n) is 22.6. The fraction of sp³-hybridized carbons (Fsp3) is 0.333. The van der Waals surface area contributed by atoms with Crippen molar-refractivity contribution >= 4 is 23.7 Å². The van der Waals surface area contributed by atoms with Crippen molar-refractivity contribution in [3.05, 3.63) is 87.4 Å². The number of aromatic hydroxyl groups is 1. The van der Waals surface area contributed by atoms with Crippen molar-refractivity contribution in [2.75, 3.05) is 20.2 Å². The number of hydrogen-bond acceptors (Lipinski definition) is 6. The predicted molar refractivity (Wildman–Crippen MR) is 153 cm³/mol. The molecule has 3 rings (SSSR count). The van der Waals surface area contributed by atoms with Crippen LogP contribution >= 0.6 is 11.6 Å². The molecule has 1 amide bonds. The van der Waals surface area contributed by atoms with Crippen molar-refractivity contribution in [2.24, 2.45) is 5.10 Å². The number of halogens is 1. The lowest BCUT2D eigenvalue weighted by Crippen LogP contribution is -2.23. The number of methoxy groups -OCH3 is 1. The number of nitrogens with one attached hydrogen (secondary N) is 1. The lowest BCUT2D eigenvalue weighted by molar-refractivity contribution is 0.0955. The Morgan fingerprint density at radius 1 is 1.11 bits per heavy atom. The molecule has 202 valence electrons. The monoisotopic (exact) mass is 537 g/mol.